The van der Waals surface area contributed by atoms with Gasteiger partial charge in [-0.25, -0.2) is 14.5 Å². The largest absolute Gasteiger partial charge is 0.462 e. The molecule has 6 nitrogen and oxygen atoms in total. The van der Waals surface area contributed by atoms with E-state index in [-0.39, 0.29) is 24.0 Å². The molecule has 0 heterocycles. The smallest absolute Gasteiger partial charge is 0.421 e. The van der Waals surface area contributed by atoms with E-state index in [0.717, 1.165) is 23.3 Å². The second kappa shape index (κ2) is 9.38. The number of esters is 1. The average Bonchev–Trinajstić information content (AvgIpc) is 2.77. The van der Waals surface area contributed by atoms with Crippen molar-refractivity contribution < 1.29 is 23.9 Å². The zero-order valence-corrected chi connectivity index (χ0v) is 20.4. The minimum Gasteiger partial charge on any atom is -0.462 e. The van der Waals surface area contributed by atoms with Gasteiger partial charge < -0.3 is 9.47 Å². The molecule has 0 aliphatic heterocycles. The molecule has 1 aliphatic carbocycles. The molecule has 33 heavy (non-hydrogen) atoms. The van der Waals surface area contributed by atoms with Gasteiger partial charge in [0.2, 0.25) is 0 Å². The van der Waals surface area contributed by atoms with E-state index in [4.69, 9.17) is 9.47 Å². The topological polar surface area (TPSA) is 72.9 Å². The van der Waals surface area contributed by atoms with Crippen LogP contribution in [0.3, 0.4) is 0 Å². The van der Waals surface area contributed by atoms with Crippen LogP contribution in [0.2, 0.25) is 0 Å². The molecule has 0 aromatic heterocycles. The molecule has 0 radical (unpaired) electrons. The number of hydrogen-bond acceptors (Lipinski definition) is 5. The summed E-state index contributed by atoms with van der Waals surface area (Å²) in [7, 11) is 0. The van der Waals surface area contributed by atoms with Gasteiger partial charge in [-0.1, -0.05) is 33.8 Å². The minimum absolute atomic E-state index is 0.0240. The molecule has 0 spiro atoms. The monoisotopic (exact) mass is 451 g/mol. The Bertz CT molecular complexity index is 1050. The highest BCUT2D eigenvalue weighted by Gasteiger charge is 2.38. The maximum atomic E-state index is 13.6. The third-order valence-electron chi connectivity index (χ3n) is 6.39. The summed E-state index contributed by atoms with van der Waals surface area (Å²) in [5.41, 5.74) is 3.40. The first-order valence-corrected chi connectivity index (χ1v) is 11.4. The molecule has 2 amide bonds. The Morgan fingerprint density at radius 1 is 0.788 bits per heavy atom. The van der Waals surface area contributed by atoms with Gasteiger partial charge in [0.05, 0.1) is 24.5 Å². The second-order valence-electron chi connectivity index (χ2n) is 9.63. The maximum absolute atomic E-state index is 13.6. The number of carbonyl (C=O) groups excluding carboxylic acids is 3. The molecule has 3 rings (SSSR count). The first-order chi connectivity index (χ1) is 15.5. The fourth-order valence-corrected chi connectivity index (χ4v) is 4.31. The molecule has 0 N–H and O–H groups in total. The van der Waals surface area contributed by atoms with Gasteiger partial charge in [-0.15, -0.1) is 0 Å². The van der Waals surface area contributed by atoms with Gasteiger partial charge >= 0.3 is 12.1 Å². The standard InChI is InChI=1S/C27H33NO5/c1-7-32-24(30)18-9-12-20(13-10-18)28(25(31)33-8-2)23(29)19-11-14-21-22(17-19)27(5,6)16-15-26(21,3)4/h9-14,17H,7-8,15-16H2,1-6H3. The lowest BCUT2D eigenvalue weighted by molar-refractivity contribution is 0.0526. The number of imide groups is 1. The van der Waals surface area contributed by atoms with E-state index < -0.39 is 18.0 Å². The molecule has 2 aromatic carbocycles. The van der Waals surface area contributed by atoms with E-state index >= 15 is 0 Å². The van der Waals surface area contributed by atoms with E-state index in [0.29, 0.717) is 16.8 Å². The zero-order chi connectivity index (χ0) is 24.4. The van der Waals surface area contributed by atoms with Crippen LogP contribution < -0.4 is 4.90 Å². The summed E-state index contributed by atoms with van der Waals surface area (Å²) in [6.07, 6.45) is 1.33. The van der Waals surface area contributed by atoms with Crippen LogP contribution in [0.25, 0.3) is 0 Å². The van der Waals surface area contributed by atoms with Crippen LogP contribution >= 0.6 is 0 Å². The third kappa shape index (κ3) is 4.95. The highest BCUT2D eigenvalue weighted by molar-refractivity contribution is 6.19. The minimum atomic E-state index is -0.760. The Labute approximate surface area is 195 Å². The van der Waals surface area contributed by atoms with E-state index in [1.165, 1.54) is 17.7 Å². The van der Waals surface area contributed by atoms with Crippen LogP contribution in [-0.2, 0) is 20.3 Å². The molecule has 1 aliphatic rings. The number of benzene rings is 2. The van der Waals surface area contributed by atoms with Gasteiger partial charge in [0.1, 0.15) is 0 Å². The van der Waals surface area contributed by atoms with Crippen LogP contribution in [0.4, 0.5) is 10.5 Å². The summed E-state index contributed by atoms with van der Waals surface area (Å²) in [6, 6.07) is 11.9. The van der Waals surface area contributed by atoms with Crippen molar-refractivity contribution in [2.75, 3.05) is 18.1 Å². The zero-order valence-electron chi connectivity index (χ0n) is 20.4. The predicted molar refractivity (Wildman–Crippen MR) is 128 cm³/mol. The number of carbonyl (C=O) groups is 3. The van der Waals surface area contributed by atoms with E-state index in [9.17, 15) is 14.4 Å². The van der Waals surface area contributed by atoms with Crippen LogP contribution in [0.15, 0.2) is 42.5 Å². The highest BCUT2D eigenvalue weighted by Crippen LogP contribution is 2.46. The Morgan fingerprint density at radius 2 is 1.33 bits per heavy atom. The summed E-state index contributed by atoms with van der Waals surface area (Å²) >= 11 is 0. The van der Waals surface area contributed by atoms with Gasteiger partial charge in [0.25, 0.3) is 5.91 Å². The Balaban J connectivity index is 2.02. The average molecular weight is 452 g/mol. The lowest BCUT2D eigenvalue weighted by Gasteiger charge is -2.42. The van der Waals surface area contributed by atoms with Crippen LogP contribution in [0.5, 0.6) is 0 Å². The number of ether oxygens (including phenoxy) is 2. The molecule has 0 atom stereocenters. The molecule has 6 heteroatoms. The normalized spacial score (nSPS) is 15.8. The van der Waals surface area contributed by atoms with E-state index in [2.05, 4.69) is 27.7 Å². The summed E-state index contributed by atoms with van der Waals surface area (Å²) in [6.45, 7) is 12.6. The molecule has 2 aromatic rings. The first kappa shape index (κ1) is 24.5. The summed E-state index contributed by atoms with van der Waals surface area (Å²) in [4.78, 5) is 39.4. The molecule has 0 fully saturated rings. The number of hydrogen-bond donors (Lipinski definition) is 0. The molecular weight excluding hydrogens is 418 g/mol. The first-order valence-electron chi connectivity index (χ1n) is 11.4. The van der Waals surface area contributed by atoms with Crippen LogP contribution in [0, 0.1) is 0 Å². The SMILES string of the molecule is CCOC(=O)c1ccc(N(C(=O)OCC)C(=O)c2ccc3c(c2)C(C)(C)CCC3(C)C)cc1. The fourth-order valence-electron chi connectivity index (χ4n) is 4.31. The lowest BCUT2D eigenvalue weighted by Crippen LogP contribution is -2.38. The quantitative estimate of drug-likeness (QED) is 0.520. The van der Waals surface area contributed by atoms with Crippen LogP contribution in [-0.4, -0.2) is 31.2 Å². The van der Waals surface area contributed by atoms with Crippen molar-refractivity contribution >= 4 is 23.7 Å². The molecule has 0 saturated heterocycles. The van der Waals surface area contributed by atoms with Crippen molar-refractivity contribution in [2.24, 2.45) is 0 Å². The van der Waals surface area contributed by atoms with Gasteiger partial charge in [-0.05, 0) is 85.0 Å². The van der Waals surface area contributed by atoms with Crippen molar-refractivity contribution in [1.82, 2.24) is 0 Å². The van der Waals surface area contributed by atoms with E-state index in [1.54, 1.807) is 32.0 Å². The number of nitrogens with zero attached hydrogens (tertiary/aromatic N) is 1. The Kier molecular flexibility index (Phi) is 6.96. The van der Waals surface area contributed by atoms with Crippen molar-refractivity contribution in [3.8, 4) is 0 Å². The molecule has 0 bridgehead atoms. The van der Waals surface area contributed by atoms with Gasteiger partial charge in [-0.2, -0.15) is 0 Å². The second-order valence-corrected chi connectivity index (χ2v) is 9.63. The number of rotatable bonds is 5. The van der Waals surface area contributed by atoms with Crippen molar-refractivity contribution in [3.63, 3.8) is 0 Å². The van der Waals surface area contributed by atoms with Gasteiger partial charge in [-0.3, -0.25) is 4.79 Å². The maximum Gasteiger partial charge on any atom is 0.421 e. The molecular formula is C27H33NO5. The van der Waals surface area contributed by atoms with Crippen molar-refractivity contribution in [2.45, 2.75) is 65.2 Å². The summed E-state index contributed by atoms with van der Waals surface area (Å²) < 4.78 is 10.2. The Hall–Kier alpha value is -3.15. The lowest BCUT2D eigenvalue weighted by atomic mass is 9.63. The fraction of sp³-hybridized carbons (Fsp3) is 0.444. The predicted octanol–water partition coefficient (Wildman–Crippen LogP) is 6.02. The third-order valence-corrected chi connectivity index (χ3v) is 6.39. The van der Waals surface area contributed by atoms with Crippen molar-refractivity contribution in [1.29, 1.82) is 0 Å². The summed E-state index contributed by atoms with van der Waals surface area (Å²) in [5, 5.41) is 0. The van der Waals surface area contributed by atoms with E-state index in [1.807, 2.05) is 12.1 Å². The number of fused-ring (bicyclic) bond motifs is 1. The summed E-state index contributed by atoms with van der Waals surface area (Å²) in [5.74, 6) is -0.933. The molecule has 0 saturated carbocycles. The number of anilines is 1. The number of amides is 2. The Morgan fingerprint density at radius 3 is 1.91 bits per heavy atom. The highest BCUT2D eigenvalue weighted by atomic mass is 16.6. The van der Waals surface area contributed by atoms with Crippen LogP contribution in [0.1, 0.15) is 86.2 Å². The van der Waals surface area contributed by atoms with Gasteiger partial charge in [0, 0.05) is 5.56 Å². The molecule has 176 valence electrons. The van der Waals surface area contributed by atoms with Crippen molar-refractivity contribution in [3.05, 3.63) is 64.7 Å². The molecule has 0 unspecified atom stereocenters. The van der Waals surface area contributed by atoms with Gasteiger partial charge in [0.15, 0.2) is 0 Å².